The summed E-state index contributed by atoms with van der Waals surface area (Å²) in [6.45, 7) is 6.34. The van der Waals surface area contributed by atoms with Gasteiger partial charge in [-0.2, -0.15) is 0 Å². The van der Waals surface area contributed by atoms with Crippen LogP contribution in [0.3, 0.4) is 0 Å². The van der Waals surface area contributed by atoms with Crippen molar-refractivity contribution in [1.82, 2.24) is 4.90 Å². The predicted molar refractivity (Wildman–Crippen MR) is 64.5 cm³/mol. The molecule has 0 amide bonds. The molecule has 0 aromatic heterocycles. The number of esters is 2. The summed E-state index contributed by atoms with van der Waals surface area (Å²) < 4.78 is 9.81. The number of ether oxygens (including phenoxy) is 2. The molecule has 0 fully saturated rings. The van der Waals surface area contributed by atoms with Crippen LogP contribution >= 0.6 is 0 Å². The Kier molecular flexibility index (Phi) is 8.05. The molecule has 0 N–H and O–H groups in total. The highest BCUT2D eigenvalue weighted by Crippen LogP contribution is 1.97. The smallest absolute Gasteiger partial charge is 0.333 e. The SMILES string of the molecule is C=C(C)C(=O)OCCCC(=O)OCCN(C)C. The zero-order valence-electron chi connectivity index (χ0n) is 10.8. The lowest BCUT2D eigenvalue weighted by Crippen LogP contribution is -2.20. The number of hydrogen-bond donors (Lipinski definition) is 0. The van der Waals surface area contributed by atoms with E-state index in [1.165, 1.54) is 0 Å². The zero-order valence-corrected chi connectivity index (χ0v) is 10.8. The summed E-state index contributed by atoms with van der Waals surface area (Å²) in [6.07, 6.45) is 0.733. The topological polar surface area (TPSA) is 55.8 Å². The van der Waals surface area contributed by atoms with E-state index < -0.39 is 5.97 Å². The molecule has 17 heavy (non-hydrogen) atoms. The third-order valence-corrected chi connectivity index (χ3v) is 1.91. The molecule has 0 aliphatic carbocycles. The Bertz CT molecular complexity index is 274. The van der Waals surface area contributed by atoms with Crippen molar-refractivity contribution in [3.8, 4) is 0 Å². The molecular formula is C12H21NO4. The number of likely N-dealkylation sites (N-methyl/N-ethyl adjacent to an activating group) is 1. The second-order valence-electron chi connectivity index (χ2n) is 4.04. The van der Waals surface area contributed by atoms with Gasteiger partial charge in [-0.05, 0) is 27.4 Å². The Balaban J connectivity index is 3.45. The van der Waals surface area contributed by atoms with Crippen molar-refractivity contribution in [2.24, 2.45) is 0 Å². The molecule has 0 heterocycles. The van der Waals surface area contributed by atoms with Gasteiger partial charge in [0.25, 0.3) is 0 Å². The molecule has 0 atom stereocenters. The van der Waals surface area contributed by atoms with Gasteiger partial charge >= 0.3 is 11.9 Å². The molecule has 0 unspecified atom stereocenters. The summed E-state index contributed by atoms with van der Waals surface area (Å²) in [4.78, 5) is 24.1. The van der Waals surface area contributed by atoms with E-state index >= 15 is 0 Å². The van der Waals surface area contributed by atoms with Crippen molar-refractivity contribution >= 4 is 11.9 Å². The lowest BCUT2D eigenvalue weighted by Gasteiger charge is -2.09. The van der Waals surface area contributed by atoms with Crippen LogP contribution in [-0.2, 0) is 19.1 Å². The van der Waals surface area contributed by atoms with E-state index in [4.69, 9.17) is 9.47 Å². The van der Waals surface area contributed by atoms with Gasteiger partial charge in [0.05, 0.1) is 6.61 Å². The minimum absolute atomic E-state index is 0.217. The number of nitrogens with zero attached hydrogens (tertiary/aromatic N) is 1. The normalized spacial score (nSPS) is 10.1. The lowest BCUT2D eigenvalue weighted by atomic mass is 10.3. The van der Waals surface area contributed by atoms with Gasteiger partial charge in [0.15, 0.2) is 0 Å². The van der Waals surface area contributed by atoms with Gasteiger partial charge in [0.2, 0.25) is 0 Å². The Morgan fingerprint density at radius 3 is 2.35 bits per heavy atom. The van der Waals surface area contributed by atoms with E-state index in [0.717, 1.165) is 0 Å². The Morgan fingerprint density at radius 1 is 1.18 bits per heavy atom. The van der Waals surface area contributed by atoms with Gasteiger partial charge in [-0.3, -0.25) is 4.79 Å². The molecule has 0 aliphatic rings. The van der Waals surface area contributed by atoms with Crippen molar-refractivity contribution < 1.29 is 19.1 Å². The maximum Gasteiger partial charge on any atom is 0.333 e. The maximum absolute atomic E-state index is 11.2. The molecule has 0 saturated heterocycles. The van der Waals surface area contributed by atoms with Crippen LogP contribution in [0.5, 0.6) is 0 Å². The van der Waals surface area contributed by atoms with E-state index in [2.05, 4.69) is 6.58 Å². The predicted octanol–water partition coefficient (Wildman–Crippen LogP) is 0.991. The molecule has 0 bridgehead atoms. The summed E-state index contributed by atoms with van der Waals surface area (Å²) in [6, 6.07) is 0. The second kappa shape index (κ2) is 8.75. The van der Waals surface area contributed by atoms with Gasteiger partial charge in [-0.15, -0.1) is 0 Å². The van der Waals surface area contributed by atoms with Crippen LogP contribution in [-0.4, -0.2) is 50.7 Å². The van der Waals surface area contributed by atoms with Crippen molar-refractivity contribution in [2.45, 2.75) is 19.8 Å². The number of carbonyl (C=O) groups excluding carboxylic acids is 2. The van der Waals surface area contributed by atoms with Crippen molar-refractivity contribution in [3.05, 3.63) is 12.2 Å². The van der Waals surface area contributed by atoms with Crippen LogP contribution in [0.1, 0.15) is 19.8 Å². The molecule has 0 aromatic rings. The average molecular weight is 243 g/mol. The van der Waals surface area contributed by atoms with Crippen LogP contribution in [0.4, 0.5) is 0 Å². The number of rotatable bonds is 8. The van der Waals surface area contributed by atoms with E-state index in [1.807, 2.05) is 19.0 Å². The van der Waals surface area contributed by atoms with Crippen LogP contribution in [0.2, 0.25) is 0 Å². The lowest BCUT2D eigenvalue weighted by molar-refractivity contribution is -0.146. The first kappa shape index (κ1) is 15.6. The van der Waals surface area contributed by atoms with Crippen LogP contribution in [0, 0.1) is 0 Å². The molecule has 0 radical (unpaired) electrons. The highest BCUT2D eigenvalue weighted by atomic mass is 16.5. The largest absolute Gasteiger partial charge is 0.464 e. The minimum Gasteiger partial charge on any atom is -0.464 e. The third-order valence-electron chi connectivity index (χ3n) is 1.91. The van der Waals surface area contributed by atoms with Gasteiger partial charge in [-0.1, -0.05) is 6.58 Å². The summed E-state index contributed by atoms with van der Waals surface area (Å²) in [5.41, 5.74) is 0.360. The molecule has 5 nitrogen and oxygen atoms in total. The van der Waals surface area contributed by atoms with Crippen LogP contribution < -0.4 is 0 Å². The standard InChI is InChI=1S/C12H21NO4/c1-10(2)12(15)17-8-5-6-11(14)16-9-7-13(3)4/h1,5-9H2,2-4H3. The zero-order chi connectivity index (χ0) is 13.3. The maximum atomic E-state index is 11.2. The molecule has 0 aromatic carbocycles. The summed E-state index contributed by atoms with van der Waals surface area (Å²) in [5.74, 6) is -0.691. The van der Waals surface area contributed by atoms with E-state index in [0.29, 0.717) is 25.1 Å². The van der Waals surface area contributed by atoms with Crippen molar-refractivity contribution in [1.29, 1.82) is 0 Å². The van der Waals surface area contributed by atoms with Crippen LogP contribution in [0.25, 0.3) is 0 Å². The summed E-state index contributed by atoms with van der Waals surface area (Å²) in [5, 5.41) is 0. The Morgan fingerprint density at radius 2 is 1.82 bits per heavy atom. The quantitative estimate of drug-likeness (QED) is 0.361. The molecule has 0 saturated carbocycles. The molecule has 0 spiro atoms. The Hall–Kier alpha value is -1.36. The minimum atomic E-state index is -0.425. The molecule has 0 aliphatic heterocycles. The molecular weight excluding hydrogens is 222 g/mol. The van der Waals surface area contributed by atoms with Gasteiger partial charge < -0.3 is 14.4 Å². The van der Waals surface area contributed by atoms with Crippen LogP contribution in [0.15, 0.2) is 12.2 Å². The fourth-order valence-corrected chi connectivity index (χ4v) is 0.919. The van der Waals surface area contributed by atoms with Gasteiger partial charge in [0.1, 0.15) is 6.61 Å². The number of hydrogen-bond acceptors (Lipinski definition) is 5. The second-order valence-corrected chi connectivity index (χ2v) is 4.04. The fourth-order valence-electron chi connectivity index (χ4n) is 0.919. The highest BCUT2D eigenvalue weighted by Gasteiger charge is 2.05. The average Bonchev–Trinajstić information content (AvgIpc) is 2.23. The first-order valence-corrected chi connectivity index (χ1v) is 5.56. The Labute approximate surface area is 102 Å². The fraction of sp³-hybridized carbons (Fsp3) is 0.667. The van der Waals surface area contributed by atoms with Crippen molar-refractivity contribution in [2.75, 3.05) is 33.9 Å². The summed E-state index contributed by atoms with van der Waals surface area (Å²) >= 11 is 0. The molecule has 98 valence electrons. The first-order valence-electron chi connectivity index (χ1n) is 5.56. The number of carbonyl (C=O) groups is 2. The van der Waals surface area contributed by atoms with Gasteiger partial charge in [-0.25, -0.2) is 4.79 Å². The first-order chi connectivity index (χ1) is 7.93. The van der Waals surface area contributed by atoms with Crippen molar-refractivity contribution in [3.63, 3.8) is 0 Å². The highest BCUT2D eigenvalue weighted by molar-refractivity contribution is 5.86. The third kappa shape index (κ3) is 9.56. The monoisotopic (exact) mass is 243 g/mol. The van der Waals surface area contributed by atoms with Gasteiger partial charge in [0, 0.05) is 18.5 Å². The summed E-state index contributed by atoms with van der Waals surface area (Å²) in [7, 11) is 3.82. The molecule has 0 rings (SSSR count). The molecule has 5 heteroatoms. The van der Waals surface area contributed by atoms with E-state index in [-0.39, 0.29) is 19.0 Å². The van der Waals surface area contributed by atoms with E-state index in [9.17, 15) is 9.59 Å². The van der Waals surface area contributed by atoms with E-state index in [1.54, 1.807) is 6.92 Å².